The van der Waals surface area contributed by atoms with Crippen molar-refractivity contribution in [2.75, 3.05) is 12.4 Å². The zero-order valence-electron chi connectivity index (χ0n) is 16.9. The van der Waals surface area contributed by atoms with Crippen molar-refractivity contribution in [3.8, 4) is 0 Å². The molecule has 6 nitrogen and oxygen atoms in total. The number of carbonyl (C=O) groups is 1. The van der Waals surface area contributed by atoms with Crippen LogP contribution in [-0.2, 0) is 10.0 Å². The first-order valence-electron chi connectivity index (χ1n) is 9.84. The van der Waals surface area contributed by atoms with Crippen LogP contribution in [0.25, 0.3) is 0 Å². The van der Waals surface area contributed by atoms with E-state index in [9.17, 15) is 13.2 Å². The summed E-state index contributed by atoms with van der Waals surface area (Å²) in [6.07, 6.45) is 5.04. The van der Waals surface area contributed by atoms with Gasteiger partial charge in [-0.1, -0.05) is 42.5 Å². The van der Waals surface area contributed by atoms with Gasteiger partial charge in [0.25, 0.3) is 5.91 Å². The van der Waals surface area contributed by atoms with Crippen molar-refractivity contribution in [1.29, 1.82) is 0 Å². The molecule has 2 aromatic rings. The molecule has 166 valence electrons. The molecule has 0 aliphatic heterocycles. The highest BCUT2D eigenvalue weighted by Gasteiger charge is 2.28. The predicted octanol–water partition coefficient (Wildman–Crippen LogP) is 5.07. The molecule has 0 spiro atoms. The maximum Gasteiger partial charge on any atom is 0.258 e. The minimum absolute atomic E-state index is 0.0408. The molecule has 3 rings (SSSR count). The number of sulfonamides is 1. The molecule has 0 saturated heterocycles. The number of thiocarbonyl (C=S) groups is 1. The van der Waals surface area contributed by atoms with Gasteiger partial charge in [-0.2, -0.15) is 4.31 Å². The zero-order valence-corrected chi connectivity index (χ0v) is 20.0. The normalized spacial score (nSPS) is 15.0. The van der Waals surface area contributed by atoms with E-state index >= 15 is 0 Å². The van der Waals surface area contributed by atoms with E-state index in [1.807, 2.05) is 0 Å². The lowest BCUT2D eigenvalue weighted by molar-refractivity contribution is 0.0978. The Balaban J connectivity index is 1.63. The van der Waals surface area contributed by atoms with E-state index in [0.29, 0.717) is 10.7 Å². The summed E-state index contributed by atoms with van der Waals surface area (Å²) in [5.74, 6) is -0.479. The van der Waals surface area contributed by atoms with Gasteiger partial charge in [-0.3, -0.25) is 10.1 Å². The van der Waals surface area contributed by atoms with Gasteiger partial charge in [0.05, 0.1) is 15.5 Å². The molecular weight excluding hydrogens is 477 g/mol. The van der Waals surface area contributed by atoms with Crippen molar-refractivity contribution < 1.29 is 13.2 Å². The number of amides is 1. The van der Waals surface area contributed by atoms with Gasteiger partial charge in [0.1, 0.15) is 0 Å². The van der Waals surface area contributed by atoms with E-state index in [2.05, 4.69) is 10.6 Å². The maximum absolute atomic E-state index is 12.9. The fraction of sp³-hybridized carbons (Fsp3) is 0.333. The predicted molar refractivity (Wildman–Crippen MR) is 128 cm³/mol. The molecule has 10 heteroatoms. The number of nitrogens with one attached hydrogen (secondary N) is 2. The summed E-state index contributed by atoms with van der Waals surface area (Å²) < 4.78 is 27.3. The second kappa shape index (κ2) is 10.3. The maximum atomic E-state index is 12.9. The molecule has 0 aromatic heterocycles. The van der Waals surface area contributed by atoms with Crippen LogP contribution in [0.2, 0.25) is 10.0 Å². The Morgan fingerprint density at radius 2 is 1.71 bits per heavy atom. The van der Waals surface area contributed by atoms with Gasteiger partial charge in [-0.05, 0) is 67.5 Å². The Bertz CT molecular complexity index is 1070. The number of rotatable bonds is 5. The van der Waals surface area contributed by atoms with Gasteiger partial charge in [-0.15, -0.1) is 0 Å². The molecule has 1 amide bonds. The minimum Gasteiger partial charge on any atom is -0.332 e. The largest absolute Gasteiger partial charge is 0.332 e. The van der Waals surface area contributed by atoms with Crippen LogP contribution < -0.4 is 10.6 Å². The second-order valence-corrected chi connectivity index (χ2v) is 10.6. The van der Waals surface area contributed by atoms with Gasteiger partial charge in [0, 0.05) is 23.8 Å². The molecule has 0 atom stereocenters. The molecule has 0 bridgehead atoms. The smallest absolute Gasteiger partial charge is 0.258 e. The first-order chi connectivity index (χ1) is 14.7. The van der Waals surface area contributed by atoms with E-state index in [0.717, 1.165) is 32.1 Å². The van der Waals surface area contributed by atoms with Crippen LogP contribution in [0.4, 0.5) is 5.69 Å². The fourth-order valence-electron chi connectivity index (χ4n) is 3.52. The van der Waals surface area contributed by atoms with Gasteiger partial charge >= 0.3 is 0 Å². The molecule has 0 radical (unpaired) electrons. The molecule has 1 saturated carbocycles. The highest BCUT2D eigenvalue weighted by atomic mass is 35.5. The Morgan fingerprint density at radius 3 is 2.32 bits per heavy atom. The number of benzene rings is 2. The van der Waals surface area contributed by atoms with Crippen LogP contribution in [-0.4, -0.2) is 36.8 Å². The number of anilines is 1. The SMILES string of the molecule is CN(C1CCCCC1)S(=O)(=O)c1ccc(NC(=S)NC(=O)c2ccc(Cl)cc2Cl)cc1. The highest BCUT2D eigenvalue weighted by Crippen LogP contribution is 2.27. The summed E-state index contributed by atoms with van der Waals surface area (Å²) in [4.78, 5) is 12.6. The van der Waals surface area contributed by atoms with Crippen molar-refractivity contribution in [3.05, 3.63) is 58.1 Å². The molecule has 1 aliphatic rings. The van der Waals surface area contributed by atoms with Crippen LogP contribution in [0, 0.1) is 0 Å². The summed E-state index contributed by atoms with van der Waals surface area (Å²) in [5.41, 5.74) is 0.786. The monoisotopic (exact) mass is 499 g/mol. The fourth-order valence-corrected chi connectivity index (χ4v) is 5.64. The zero-order chi connectivity index (χ0) is 22.6. The number of carbonyl (C=O) groups excluding carboxylic acids is 1. The third-order valence-electron chi connectivity index (χ3n) is 5.28. The number of hydrogen-bond acceptors (Lipinski definition) is 4. The highest BCUT2D eigenvalue weighted by molar-refractivity contribution is 7.89. The number of hydrogen-bond donors (Lipinski definition) is 2. The lowest BCUT2D eigenvalue weighted by atomic mass is 9.96. The van der Waals surface area contributed by atoms with Crippen molar-refractivity contribution in [1.82, 2.24) is 9.62 Å². The van der Waals surface area contributed by atoms with Crippen LogP contribution in [0.5, 0.6) is 0 Å². The molecular formula is C21H23Cl2N3O3S2. The number of nitrogens with zero attached hydrogens (tertiary/aromatic N) is 1. The standard InChI is InChI=1S/C21H23Cl2N3O3S2/c1-26(16-5-3-2-4-6-16)31(28,29)17-10-8-15(9-11-17)24-21(30)25-20(27)18-12-7-14(22)13-19(18)23/h7-13,16H,2-6H2,1H3,(H2,24,25,27,30). The average molecular weight is 500 g/mol. The quantitative estimate of drug-likeness (QED) is 0.561. The molecule has 0 unspecified atom stereocenters. The summed E-state index contributed by atoms with van der Waals surface area (Å²) >= 11 is 17.1. The van der Waals surface area contributed by atoms with E-state index in [1.165, 1.54) is 28.6 Å². The van der Waals surface area contributed by atoms with Gasteiger partial charge < -0.3 is 5.32 Å². The Labute approximate surface area is 198 Å². The first kappa shape index (κ1) is 23.9. The Hall–Kier alpha value is -1.71. The lowest BCUT2D eigenvalue weighted by Crippen LogP contribution is -2.38. The lowest BCUT2D eigenvalue weighted by Gasteiger charge is -2.30. The Kier molecular flexibility index (Phi) is 7.93. The van der Waals surface area contributed by atoms with Gasteiger partial charge in [-0.25, -0.2) is 8.42 Å². The van der Waals surface area contributed by atoms with Crippen LogP contribution in [0.3, 0.4) is 0 Å². The summed E-state index contributed by atoms with van der Waals surface area (Å²) in [6.45, 7) is 0. The molecule has 0 heterocycles. The molecule has 31 heavy (non-hydrogen) atoms. The van der Waals surface area contributed by atoms with Crippen LogP contribution in [0.1, 0.15) is 42.5 Å². The van der Waals surface area contributed by atoms with Crippen molar-refractivity contribution in [3.63, 3.8) is 0 Å². The minimum atomic E-state index is -3.57. The van der Waals surface area contributed by atoms with E-state index in [1.54, 1.807) is 25.2 Å². The van der Waals surface area contributed by atoms with Crippen molar-refractivity contribution >= 4 is 62.2 Å². The summed E-state index contributed by atoms with van der Waals surface area (Å²) in [5, 5.41) is 6.10. The Morgan fingerprint density at radius 1 is 1.06 bits per heavy atom. The average Bonchev–Trinajstić information content (AvgIpc) is 2.74. The first-order valence-corrected chi connectivity index (χ1v) is 12.4. The second-order valence-electron chi connectivity index (χ2n) is 7.37. The van der Waals surface area contributed by atoms with Gasteiger partial charge in [0.2, 0.25) is 10.0 Å². The van der Waals surface area contributed by atoms with Crippen LogP contribution >= 0.6 is 35.4 Å². The topological polar surface area (TPSA) is 78.5 Å². The summed E-state index contributed by atoms with van der Waals surface area (Å²) in [7, 11) is -1.93. The molecule has 1 fully saturated rings. The van der Waals surface area contributed by atoms with Crippen molar-refractivity contribution in [2.24, 2.45) is 0 Å². The number of halogens is 2. The molecule has 2 N–H and O–H groups in total. The van der Waals surface area contributed by atoms with Crippen LogP contribution in [0.15, 0.2) is 47.4 Å². The van der Waals surface area contributed by atoms with E-state index in [4.69, 9.17) is 35.4 Å². The summed E-state index contributed by atoms with van der Waals surface area (Å²) in [6, 6.07) is 10.8. The van der Waals surface area contributed by atoms with Gasteiger partial charge in [0.15, 0.2) is 5.11 Å². The van der Waals surface area contributed by atoms with Crippen molar-refractivity contribution in [2.45, 2.75) is 43.0 Å². The third kappa shape index (κ3) is 5.96. The van der Waals surface area contributed by atoms with E-state index in [-0.39, 0.29) is 26.6 Å². The third-order valence-corrected chi connectivity index (χ3v) is 7.96. The molecule has 1 aliphatic carbocycles. The van der Waals surface area contributed by atoms with E-state index < -0.39 is 15.9 Å². The molecule has 2 aromatic carbocycles.